The molecular formula is C8H9N3O2S. The number of rotatable bonds is 1. The third kappa shape index (κ3) is 1.45. The molecule has 5 nitrogen and oxygen atoms in total. The van der Waals surface area contributed by atoms with Crippen molar-refractivity contribution in [1.82, 2.24) is 9.13 Å². The molecule has 0 saturated heterocycles. The highest BCUT2D eigenvalue weighted by atomic mass is 32.1. The number of aliphatic imine (C=N–C) groups is 1. The van der Waals surface area contributed by atoms with Gasteiger partial charge in [-0.1, -0.05) is 0 Å². The fourth-order valence-electron chi connectivity index (χ4n) is 1.10. The lowest BCUT2D eigenvalue weighted by atomic mass is 10.3. The highest BCUT2D eigenvalue weighted by Crippen LogP contribution is 2.07. The van der Waals surface area contributed by atoms with Crippen molar-refractivity contribution in [2.24, 2.45) is 19.1 Å². The lowest BCUT2D eigenvalue weighted by molar-refractivity contribution is 0.669. The Hall–Kier alpha value is -1.52. The van der Waals surface area contributed by atoms with Crippen LogP contribution in [0.2, 0.25) is 0 Å². The molecule has 1 heterocycles. The van der Waals surface area contributed by atoms with Crippen LogP contribution in [0.15, 0.2) is 14.6 Å². The Morgan fingerprint density at radius 3 is 2.36 bits per heavy atom. The van der Waals surface area contributed by atoms with Gasteiger partial charge in [-0.25, -0.2) is 4.79 Å². The molecule has 74 valence electrons. The summed E-state index contributed by atoms with van der Waals surface area (Å²) in [5, 5.41) is 2.12. The highest BCUT2D eigenvalue weighted by molar-refractivity contribution is 7.78. The van der Waals surface area contributed by atoms with Gasteiger partial charge < -0.3 is 0 Å². The van der Waals surface area contributed by atoms with Gasteiger partial charge in [0, 0.05) is 14.1 Å². The number of thiocarbonyl (C=S) groups is 1. The molecule has 0 aliphatic heterocycles. The summed E-state index contributed by atoms with van der Waals surface area (Å²) in [7, 11) is 2.96. The Kier molecular flexibility index (Phi) is 2.78. The summed E-state index contributed by atoms with van der Waals surface area (Å²) in [6.45, 7) is 1.63. The van der Waals surface area contributed by atoms with E-state index >= 15 is 0 Å². The number of hydrogen-bond donors (Lipinski definition) is 0. The maximum absolute atomic E-state index is 11.5. The minimum atomic E-state index is -0.456. The molecule has 0 aromatic carbocycles. The first-order valence-corrected chi connectivity index (χ1v) is 4.26. The standard InChI is InChI=1S/C8H9N3O2S/c1-5-6(9-4-14)7(12)11(3)8(13)10(5)2/h1-3H3. The minimum absolute atomic E-state index is 0.157. The van der Waals surface area contributed by atoms with Crippen molar-refractivity contribution in [3.05, 3.63) is 26.5 Å². The van der Waals surface area contributed by atoms with E-state index in [-0.39, 0.29) is 11.4 Å². The Labute approximate surface area is 85.3 Å². The molecule has 0 bridgehead atoms. The lowest BCUT2D eigenvalue weighted by Crippen LogP contribution is -2.37. The molecule has 0 amide bonds. The fraction of sp³-hybridized carbons (Fsp3) is 0.375. The maximum Gasteiger partial charge on any atom is 0.330 e. The Balaban J connectivity index is 3.87. The van der Waals surface area contributed by atoms with Crippen LogP contribution in [0.25, 0.3) is 0 Å². The van der Waals surface area contributed by atoms with E-state index in [0.29, 0.717) is 5.69 Å². The van der Waals surface area contributed by atoms with Gasteiger partial charge in [0.25, 0.3) is 5.56 Å². The van der Waals surface area contributed by atoms with Gasteiger partial charge in [0.2, 0.25) is 0 Å². The molecule has 0 N–H and O–H groups in total. The summed E-state index contributed by atoms with van der Waals surface area (Å²) >= 11 is 4.42. The van der Waals surface area contributed by atoms with Gasteiger partial charge in [0.15, 0.2) is 5.69 Å². The number of hydrogen-bond acceptors (Lipinski definition) is 4. The van der Waals surface area contributed by atoms with Crippen LogP contribution in [0.1, 0.15) is 5.69 Å². The first-order valence-electron chi connectivity index (χ1n) is 3.85. The van der Waals surface area contributed by atoms with Crippen molar-refractivity contribution in [3.63, 3.8) is 0 Å². The minimum Gasteiger partial charge on any atom is -0.299 e. The highest BCUT2D eigenvalue weighted by Gasteiger charge is 2.10. The average Bonchev–Trinajstić information content (AvgIpc) is 2.19. The normalized spacial score (nSPS) is 9.64. The summed E-state index contributed by atoms with van der Waals surface area (Å²) < 4.78 is 2.32. The van der Waals surface area contributed by atoms with Crippen molar-refractivity contribution < 1.29 is 0 Å². The second-order valence-electron chi connectivity index (χ2n) is 2.84. The quantitative estimate of drug-likeness (QED) is 0.490. The van der Waals surface area contributed by atoms with Crippen molar-refractivity contribution >= 4 is 23.1 Å². The molecule has 1 aromatic rings. The van der Waals surface area contributed by atoms with Gasteiger partial charge in [-0.15, -0.1) is 0 Å². The lowest BCUT2D eigenvalue weighted by Gasteiger charge is -2.07. The summed E-state index contributed by atoms with van der Waals surface area (Å²) in [6, 6.07) is 0. The van der Waals surface area contributed by atoms with Crippen LogP contribution in [-0.4, -0.2) is 14.3 Å². The van der Waals surface area contributed by atoms with E-state index in [1.54, 1.807) is 14.0 Å². The summed E-state index contributed by atoms with van der Waals surface area (Å²) in [5.41, 5.74) is -0.196. The monoisotopic (exact) mass is 211 g/mol. The number of aromatic nitrogens is 2. The Morgan fingerprint density at radius 2 is 1.86 bits per heavy atom. The Morgan fingerprint density at radius 1 is 1.29 bits per heavy atom. The molecule has 0 unspecified atom stereocenters. The largest absolute Gasteiger partial charge is 0.330 e. The van der Waals surface area contributed by atoms with E-state index < -0.39 is 5.56 Å². The van der Waals surface area contributed by atoms with Crippen LogP contribution in [0, 0.1) is 6.92 Å². The van der Waals surface area contributed by atoms with E-state index in [1.165, 1.54) is 11.6 Å². The molecule has 14 heavy (non-hydrogen) atoms. The molecule has 0 fully saturated rings. The zero-order chi connectivity index (χ0) is 10.9. The predicted molar refractivity (Wildman–Crippen MR) is 56.3 cm³/mol. The SMILES string of the molecule is Cc1c(N=C=S)c(=O)n(C)c(=O)n1C. The van der Waals surface area contributed by atoms with Gasteiger partial charge >= 0.3 is 5.69 Å². The number of isothiocyanates is 1. The molecule has 0 saturated carbocycles. The first kappa shape index (κ1) is 10.6. The van der Waals surface area contributed by atoms with Crippen molar-refractivity contribution in [3.8, 4) is 0 Å². The van der Waals surface area contributed by atoms with Crippen molar-refractivity contribution in [2.75, 3.05) is 0 Å². The van der Waals surface area contributed by atoms with E-state index in [0.717, 1.165) is 4.57 Å². The van der Waals surface area contributed by atoms with Crippen LogP contribution in [0.5, 0.6) is 0 Å². The van der Waals surface area contributed by atoms with Crippen LogP contribution in [0.3, 0.4) is 0 Å². The molecule has 6 heteroatoms. The first-order chi connectivity index (χ1) is 6.50. The van der Waals surface area contributed by atoms with Crippen molar-refractivity contribution in [2.45, 2.75) is 6.92 Å². The van der Waals surface area contributed by atoms with E-state index in [1.807, 2.05) is 0 Å². The van der Waals surface area contributed by atoms with Crippen LogP contribution < -0.4 is 11.2 Å². The van der Waals surface area contributed by atoms with Crippen molar-refractivity contribution in [1.29, 1.82) is 0 Å². The summed E-state index contributed by atoms with van der Waals surface area (Å²) in [4.78, 5) is 26.6. The maximum atomic E-state index is 11.5. The molecule has 1 rings (SSSR count). The summed E-state index contributed by atoms with van der Waals surface area (Å²) in [5.74, 6) is 0. The molecule has 1 aromatic heterocycles. The van der Waals surface area contributed by atoms with E-state index in [2.05, 4.69) is 22.4 Å². The van der Waals surface area contributed by atoms with Gasteiger partial charge in [0.1, 0.15) is 0 Å². The smallest absolute Gasteiger partial charge is 0.299 e. The number of nitrogens with zero attached hydrogens (tertiary/aromatic N) is 3. The van der Waals surface area contributed by atoms with Gasteiger partial charge in [0.05, 0.1) is 10.9 Å². The van der Waals surface area contributed by atoms with Crippen LogP contribution >= 0.6 is 12.2 Å². The second-order valence-corrected chi connectivity index (χ2v) is 3.03. The van der Waals surface area contributed by atoms with Gasteiger partial charge in [-0.2, -0.15) is 4.99 Å². The van der Waals surface area contributed by atoms with Gasteiger partial charge in [-0.3, -0.25) is 13.9 Å². The molecule has 0 aliphatic rings. The fourth-order valence-corrected chi connectivity index (χ4v) is 1.19. The van der Waals surface area contributed by atoms with Gasteiger partial charge in [-0.05, 0) is 19.1 Å². The molecular weight excluding hydrogens is 202 g/mol. The second kappa shape index (κ2) is 3.69. The topological polar surface area (TPSA) is 56.4 Å². The molecule has 0 atom stereocenters. The summed E-state index contributed by atoms with van der Waals surface area (Å²) in [6.07, 6.45) is 0. The molecule has 0 radical (unpaired) electrons. The zero-order valence-corrected chi connectivity index (χ0v) is 8.88. The van der Waals surface area contributed by atoms with E-state index in [9.17, 15) is 9.59 Å². The molecule has 0 spiro atoms. The predicted octanol–water partition coefficient (Wildman–Crippen LogP) is 0.127. The third-order valence-corrected chi connectivity index (χ3v) is 2.18. The van der Waals surface area contributed by atoms with E-state index in [4.69, 9.17) is 0 Å². The Bertz CT molecular complexity index is 535. The average molecular weight is 211 g/mol. The molecule has 0 aliphatic carbocycles. The van der Waals surface area contributed by atoms with Crippen LogP contribution in [0.4, 0.5) is 5.69 Å². The third-order valence-electron chi connectivity index (χ3n) is 2.08. The zero-order valence-electron chi connectivity index (χ0n) is 8.07. The van der Waals surface area contributed by atoms with Crippen LogP contribution in [-0.2, 0) is 14.1 Å².